The van der Waals surface area contributed by atoms with Crippen LogP contribution in [0.4, 0.5) is 5.69 Å². The number of hydrogen-bond acceptors (Lipinski definition) is 4. The Balaban J connectivity index is 2.18. The van der Waals surface area contributed by atoms with E-state index < -0.39 is 6.10 Å². The summed E-state index contributed by atoms with van der Waals surface area (Å²) in [5, 5.41) is 2.83. The van der Waals surface area contributed by atoms with Crippen LogP contribution in [0.5, 0.6) is 5.75 Å². The van der Waals surface area contributed by atoms with E-state index in [1.165, 1.54) is 6.92 Å². The molecule has 0 radical (unpaired) electrons. The van der Waals surface area contributed by atoms with Crippen LogP contribution < -0.4 is 10.1 Å². The standard InChI is InChI=1S/C17H23NO4/c1-11(2)10-22-15-7-6-13(12(3)19)9-14(15)18-17(20)16-5-4-8-21-16/h6-7,9,11,16H,4-5,8,10H2,1-3H3,(H,18,20). The molecule has 1 aromatic rings. The summed E-state index contributed by atoms with van der Waals surface area (Å²) < 4.78 is 11.1. The summed E-state index contributed by atoms with van der Waals surface area (Å²) in [6.07, 6.45) is 1.20. The Morgan fingerprint density at radius 1 is 1.41 bits per heavy atom. The van der Waals surface area contributed by atoms with Crippen molar-refractivity contribution in [2.45, 2.75) is 39.7 Å². The number of Topliss-reactive ketones (excluding diaryl/α,β-unsaturated/α-hetero) is 1. The van der Waals surface area contributed by atoms with Gasteiger partial charge in [-0.3, -0.25) is 9.59 Å². The molecular formula is C17H23NO4. The molecule has 120 valence electrons. The van der Waals surface area contributed by atoms with Crippen LogP contribution in [0.2, 0.25) is 0 Å². The van der Waals surface area contributed by atoms with Crippen LogP contribution in [0, 0.1) is 5.92 Å². The minimum absolute atomic E-state index is 0.0528. The van der Waals surface area contributed by atoms with Crippen LogP contribution in [-0.4, -0.2) is 31.0 Å². The molecule has 22 heavy (non-hydrogen) atoms. The van der Waals surface area contributed by atoms with Crippen molar-refractivity contribution in [3.8, 4) is 5.75 Å². The molecule has 5 nitrogen and oxygen atoms in total. The van der Waals surface area contributed by atoms with Gasteiger partial charge in [0.25, 0.3) is 5.91 Å². The number of benzene rings is 1. The molecule has 5 heteroatoms. The average Bonchev–Trinajstić information content (AvgIpc) is 2.99. The third-order valence-electron chi connectivity index (χ3n) is 3.44. The molecule has 1 saturated heterocycles. The Bertz CT molecular complexity index is 548. The lowest BCUT2D eigenvalue weighted by Gasteiger charge is -2.16. The van der Waals surface area contributed by atoms with Gasteiger partial charge in [-0.05, 0) is 43.9 Å². The molecule has 1 N–H and O–H groups in total. The van der Waals surface area contributed by atoms with Crippen molar-refractivity contribution in [1.82, 2.24) is 0 Å². The first kappa shape index (κ1) is 16.5. The number of hydrogen-bond donors (Lipinski definition) is 1. The van der Waals surface area contributed by atoms with Crippen LogP contribution >= 0.6 is 0 Å². The third kappa shape index (κ3) is 4.31. The van der Waals surface area contributed by atoms with Gasteiger partial charge in [-0.15, -0.1) is 0 Å². The molecule has 0 spiro atoms. The van der Waals surface area contributed by atoms with E-state index in [0.717, 1.165) is 12.8 Å². The number of carbonyl (C=O) groups is 2. The van der Waals surface area contributed by atoms with E-state index in [1.54, 1.807) is 18.2 Å². The van der Waals surface area contributed by atoms with E-state index in [1.807, 2.05) is 0 Å². The Hall–Kier alpha value is -1.88. The number of anilines is 1. The van der Waals surface area contributed by atoms with Gasteiger partial charge in [-0.2, -0.15) is 0 Å². The van der Waals surface area contributed by atoms with Gasteiger partial charge >= 0.3 is 0 Å². The third-order valence-corrected chi connectivity index (χ3v) is 3.44. The first-order chi connectivity index (χ1) is 10.5. The molecular weight excluding hydrogens is 282 g/mol. The number of nitrogens with one attached hydrogen (secondary N) is 1. The predicted octanol–water partition coefficient (Wildman–Crippen LogP) is 3.04. The largest absolute Gasteiger partial charge is 0.491 e. The zero-order valence-electron chi connectivity index (χ0n) is 13.3. The van der Waals surface area contributed by atoms with E-state index in [-0.39, 0.29) is 11.7 Å². The molecule has 0 aromatic heterocycles. The molecule has 1 amide bonds. The van der Waals surface area contributed by atoms with E-state index in [9.17, 15) is 9.59 Å². The molecule has 1 aliphatic rings. The summed E-state index contributed by atoms with van der Waals surface area (Å²) >= 11 is 0. The first-order valence-corrected chi connectivity index (χ1v) is 7.67. The molecule has 0 saturated carbocycles. The molecule has 1 aliphatic heterocycles. The van der Waals surface area contributed by atoms with Crippen molar-refractivity contribution in [3.05, 3.63) is 23.8 Å². The van der Waals surface area contributed by atoms with Gasteiger partial charge in [-0.25, -0.2) is 0 Å². The summed E-state index contributed by atoms with van der Waals surface area (Å²) in [6.45, 7) is 6.75. The quantitative estimate of drug-likeness (QED) is 0.820. The smallest absolute Gasteiger partial charge is 0.253 e. The fraction of sp³-hybridized carbons (Fsp3) is 0.529. The number of ketones is 1. The number of ether oxygens (including phenoxy) is 2. The van der Waals surface area contributed by atoms with E-state index in [4.69, 9.17) is 9.47 Å². The highest BCUT2D eigenvalue weighted by atomic mass is 16.5. The van der Waals surface area contributed by atoms with Crippen LogP contribution in [0.15, 0.2) is 18.2 Å². The van der Waals surface area contributed by atoms with Gasteiger partial charge in [0.15, 0.2) is 5.78 Å². The second-order valence-corrected chi connectivity index (χ2v) is 5.96. The summed E-state index contributed by atoms with van der Waals surface area (Å²) in [5.41, 5.74) is 1.06. The van der Waals surface area contributed by atoms with E-state index in [2.05, 4.69) is 19.2 Å². The fourth-order valence-corrected chi connectivity index (χ4v) is 2.23. The number of carbonyl (C=O) groups excluding carboxylic acids is 2. The summed E-state index contributed by atoms with van der Waals surface area (Å²) in [5.74, 6) is 0.704. The Morgan fingerprint density at radius 3 is 2.77 bits per heavy atom. The van der Waals surface area contributed by atoms with Crippen LogP contribution in [0.25, 0.3) is 0 Å². The van der Waals surface area contributed by atoms with Crippen molar-refractivity contribution in [2.24, 2.45) is 5.92 Å². The SMILES string of the molecule is CC(=O)c1ccc(OCC(C)C)c(NC(=O)C2CCCO2)c1. The zero-order chi connectivity index (χ0) is 16.1. The summed E-state index contributed by atoms with van der Waals surface area (Å²) in [4.78, 5) is 23.7. The molecule has 0 aliphatic carbocycles. The maximum Gasteiger partial charge on any atom is 0.253 e. The van der Waals surface area contributed by atoms with Crippen molar-refractivity contribution < 1.29 is 19.1 Å². The molecule has 2 rings (SSSR count). The Morgan fingerprint density at radius 2 is 2.18 bits per heavy atom. The topological polar surface area (TPSA) is 64.6 Å². The van der Waals surface area contributed by atoms with Gasteiger partial charge in [0.2, 0.25) is 0 Å². The normalized spacial score (nSPS) is 17.5. The van der Waals surface area contributed by atoms with Gasteiger partial charge in [0, 0.05) is 12.2 Å². The maximum absolute atomic E-state index is 12.2. The van der Waals surface area contributed by atoms with Gasteiger partial charge in [0.1, 0.15) is 11.9 Å². The molecule has 1 aromatic carbocycles. The van der Waals surface area contributed by atoms with Gasteiger partial charge in [-0.1, -0.05) is 13.8 Å². The summed E-state index contributed by atoms with van der Waals surface area (Å²) in [7, 11) is 0. The molecule has 1 heterocycles. The minimum atomic E-state index is -0.418. The van der Waals surface area contributed by atoms with E-state index in [0.29, 0.717) is 36.1 Å². The number of rotatable bonds is 6. The Kier molecular flexibility index (Phi) is 5.55. The lowest BCUT2D eigenvalue weighted by atomic mass is 10.1. The zero-order valence-corrected chi connectivity index (χ0v) is 13.3. The summed E-state index contributed by atoms with van der Waals surface area (Å²) in [6, 6.07) is 5.09. The van der Waals surface area contributed by atoms with Crippen molar-refractivity contribution >= 4 is 17.4 Å². The predicted molar refractivity (Wildman–Crippen MR) is 84.4 cm³/mol. The number of amides is 1. The highest BCUT2D eigenvalue weighted by Gasteiger charge is 2.24. The molecule has 1 fully saturated rings. The van der Waals surface area contributed by atoms with Crippen molar-refractivity contribution in [1.29, 1.82) is 0 Å². The van der Waals surface area contributed by atoms with Crippen LogP contribution in [0.1, 0.15) is 44.0 Å². The van der Waals surface area contributed by atoms with Gasteiger partial charge < -0.3 is 14.8 Å². The Labute approximate surface area is 131 Å². The maximum atomic E-state index is 12.2. The minimum Gasteiger partial charge on any atom is -0.491 e. The van der Waals surface area contributed by atoms with Gasteiger partial charge in [0.05, 0.1) is 12.3 Å². The molecule has 1 atom stereocenters. The molecule has 0 bridgehead atoms. The van der Waals surface area contributed by atoms with Crippen molar-refractivity contribution in [3.63, 3.8) is 0 Å². The average molecular weight is 305 g/mol. The fourth-order valence-electron chi connectivity index (χ4n) is 2.23. The molecule has 1 unspecified atom stereocenters. The lowest BCUT2D eigenvalue weighted by molar-refractivity contribution is -0.124. The highest BCUT2D eigenvalue weighted by Crippen LogP contribution is 2.27. The lowest BCUT2D eigenvalue weighted by Crippen LogP contribution is -2.27. The second-order valence-electron chi connectivity index (χ2n) is 5.96. The van der Waals surface area contributed by atoms with Crippen LogP contribution in [-0.2, 0) is 9.53 Å². The van der Waals surface area contributed by atoms with Crippen molar-refractivity contribution in [2.75, 3.05) is 18.5 Å². The van der Waals surface area contributed by atoms with Crippen LogP contribution in [0.3, 0.4) is 0 Å². The second kappa shape index (κ2) is 7.40. The van der Waals surface area contributed by atoms with E-state index >= 15 is 0 Å². The highest BCUT2D eigenvalue weighted by molar-refractivity contribution is 5.99. The first-order valence-electron chi connectivity index (χ1n) is 7.67. The monoisotopic (exact) mass is 305 g/mol.